The molecule has 3 nitrogen and oxygen atoms in total. The predicted octanol–water partition coefficient (Wildman–Crippen LogP) is 1.87. The summed E-state index contributed by atoms with van der Waals surface area (Å²) in [4.78, 5) is 2.57. The monoisotopic (exact) mass is 228 g/mol. The fourth-order valence-electron chi connectivity index (χ4n) is 2.52. The van der Waals surface area contributed by atoms with Crippen molar-refractivity contribution in [1.29, 1.82) is 0 Å². The summed E-state index contributed by atoms with van der Waals surface area (Å²) in [5, 5.41) is 3.48. The number of ether oxygens (including phenoxy) is 1. The van der Waals surface area contributed by atoms with Gasteiger partial charge in [-0.15, -0.1) is 0 Å². The topological polar surface area (TPSA) is 24.5 Å². The van der Waals surface area contributed by atoms with Crippen LogP contribution in [0.1, 0.15) is 40.5 Å². The van der Waals surface area contributed by atoms with Gasteiger partial charge in [-0.2, -0.15) is 0 Å². The molecule has 0 radical (unpaired) electrons. The van der Waals surface area contributed by atoms with E-state index in [1.165, 1.54) is 19.4 Å². The zero-order valence-corrected chi connectivity index (χ0v) is 11.3. The summed E-state index contributed by atoms with van der Waals surface area (Å²) in [7, 11) is 0. The van der Waals surface area contributed by atoms with Gasteiger partial charge >= 0.3 is 0 Å². The molecule has 96 valence electrons. The van der Waals surface area contributed by atoms with Crippen molar-refractivity contribution in [3.63, 3.8) is 0 Å². The van der Waals surface area contributed by atoms with Crippen molar-refractivity contribution >= 4 is 0 Å². The molecule has 1 fully saturated rings. The zero-order chi connectivity index (χ0) is 12.0. The van der Waals surface area contributed by atoms with Crippen LogP contribution in [0.3, 0.4) is 0 Å². The Kier molecular flexibility index (Phi) is 6.32. The maximum Gasteiger partial charge on any atom is 0.0673 e. The quantitative estimate of drug-likeness (QED) is 0.777. The zero-order valence-electron chi connectivity index (χ0n) is 11.3. The molecular weight excluding hydrogens is 200 g/mol. The van der Waals surface area contributed by atoms with Crippen LogP contribution in [0.2, 0.25) is 0 Å². The van der Waals surface area contributed by atoms with Crippen LogP contribution in [0.25, 0.3) is 0 Å². The Morgan fingerprint density at radius 3 is 2.88 bits per heavy atom. The smallest absolute Gasteiger partial charge is 0.0673 e. The Labute approximate surface area is 101 Å². The lowest BCUT2D eigenvalue weighted by Crippen LogP contribution is -2.41. The van der Waals surface area contributed by atoms with Crippen LogP contribution >= 0.6 is 0 Å². The molecule has 3 unspecified atom stereocenters. The molecule has 0 aromatic rings. The van der Waals surface area contributed by atoms with Crippen molar-refractivity contribution in [1.82, 2.24) is 10.2 Å². The molecule has 0 aromatic heterocycles. The molecule has 0 bridgehead atoms. The molecule has 1 aliphatic rings. The maximum atomic E-state index is 5.68. The average Bonchev–Trinajstić information content (AvgIpc) is 2.43. The van der Waals surface area contributed by atoms with E-state index in [2.05, 4.69) is 37.9 Å². The molecule has 3 heteroatoms. The van der Waals surface area contributed by atoms with Gasteiger partial charge in [-0.1, -0.05) is 6.92 Å². The van der Waals surface area contributed by atoms with E-state index in [1.807, 2.05) is 0 Å². The highest BCUT2D eigenvalue weighted by atomic mass is 16.5. The van der Waals surface area contributed by atoms with E-state index >= 15 is 0 Å². The third-order valence-electron chi connectivity index (χ3n) is 3.35. The van der Waals surface area contributed by atoms with Crippen LogP contribution in [0.4, 0.5) is 0 Å². The molecule has 1 saturated heterocycles. The minimum atomic E-state index is 0.388. The molecule has 1 N–H and O–H groups in total. The van der Waals surface area contributed by atoms with Gasteiger partial charge in [-0.05, 0) is 40.2 Å². The first kappa shape index (κ1) is 13.9. The Hall–Kier alpha value is -0.120. The first-order valence-electron chi connectivity index (χ1n) is 6.72. The molecule has 1 heterocycles. The molecule has 16 heavy (non-hydrogen) atoms. The van der Waals surface area contributed by atoms with Gasteiger partial charge in [0.2, 0.25) is 0 Å². The average molecular weight is 228 g/mol. The Bertz CT molecular complexity index is 187. The minimum absolute atomic E-state index is 0.388. The largest absolute Gasteiger partial charge is 0.377 e. The highest BCUT2D eigenvalue weighted by Gasteiger charge is 2.20. The lowest BCUT2D eigenvalue weighted by atomic mass is 10.1. The highest BCUT2D eigenvalue weighted by molar-refractivity contribution is 4.76. The summed E-state index contributed by atoms with van der Waals surface area (Å²) >= 11 is 0. The van der Waals surface area contributed by atoms with E-state index in [0.717, 1.165) is 19.7 Å². The fraction of sp³-hybridized carbons (Fsp3) is 1.00. The Morgan fingerprint density at radius 2 is 2.19 bits per heavy atom. The molecule has 1 aliphatic heterocycles. The second-order valence-corrected chi connectivity index (χ2v) is 5.07. The van der Waals surface area contributed by atoms with Gasteiger partial charge < -0.3 is 10.1 Å². The van der Waals surface area contributed by atoms with Gasteiger partial charge in [-0.25, -0.2) is 0 Å². The Morgan fingerprint density at radius 1 is 1.44 bits per heavy atom. The highest BCUT2D eigenvalue weighted by Crippen LogP contribution is 2.12. The van der Waals surface area contributed by atoms with E-state index in [9.17, 15) is 0 Å². The number of nitrogens with one attached hydrogen (secondary N) is 1. The second-order valence-electron chi connectivity index (χ2n) is 5.07. The van der Waals surface area contributed by atoms with Crippen molar-refractivity contribution < 1.29 is 4.74 Å². The number of rotatable bonds is 5. The van der Waals surface area contributed by atoms with Crippen LogP contribution in [-0.2, 0) is 4.74 Å². The lowest BCUT2D eigenvalue weighted by molar-refractivity contribution is 0.0605. The number of hydrogen-bond acceptors (Lipinski definition) is 3. The molecule has 0 spiro atoms. The van der Waals surface area contributed by atoms with Crippen molar-refractivity contribution in [3.05, 3.63) is 0 Å². The van der Waals surface area contributed by atoms with Crippen LogP contribution in [0, 0.1) is 0 Å². The van der Waals surface area contributed by atoms with E-state index < -0.39 is 0 Å². The minimum Gasteiger partial charge on any atom is -0.377 e. The second kappa shape index (κ2) is 7.25. The molecule has 3 atom stereocenters. The lowest BCUT2D eigenvalue weighted by Gasteiger charge is -2.30. The molecule has 1 rings (SSSR count). The normalized spacial score (nSPS) is 27.4. The van der Waals surface area contributed by atoms with Gasteiger partial charge in [0.05, 0.1) is 6.10 Å². The maximum absolute atomic E-state index is 5.68. The van der Waals surface area contributed by atoms with Crippen LogP contribution < -0.4 is 5.32 Å². The summed E-state index contributed by atoms with van der Waals surface area (Å²) in [6, 6.07) is 1.26. The van der Waals surface area contributed by atoms with Crippen molar-refractivity contribution in [2.24, 2.45) is 0 Å². The fourth-order valence-corrected chi connectivity index (χ4v) is 2.52. The number of hydrogen-bond donors (Lipinski definition) is 1. The predicted molar refractivity (Wildman–Crippen MR) is 68.8 cm³/mol. The molecule has 0 amide bonds. The van der Waals surface area contributed by atoms with E-state index in [0.29, 0.717) is 18.2 Å². The number of nitrogens with zero attached hydrogens (tertiary/aromatic N) is 1. The summed E-state index contributed by atoms with van der Waals surface area (Å²) < 4.78 is 5.68. The Balaban J connectivity index is 2.35. The first-order valence-corrected chi connectivity index (χ1v) is 6.72. The summed E-state index contributed by atoms with van der Waals surface area (Å²) in [6.07, 6.45) is 2.78. The van der Waals surface area contributed by atoms with Gasteiger partial charge in [0.15, 0.2) is 0 Å². The van der Waals surface area contributed by atoms with Crippen molar-refractivity contribution in [2.75, 3.05) is 26.2 Å². The molecule has 0 saturated carbocycles. The summed E-state index contributed by atoms with van der Waals surface area (Å²) in [5.41, 5.74) is 0. The van der Waals surface area contributed by atoms with Gasteiger partial charge in [0, 0.05) is 31.8 Å². The first-order chi connectivity index (χ1) is 7.63. The van der Waals surface area contributed by atoms with Gasteiger partial charge in [0.25, 0.3) is 0 Å². The SMILES string of the molecule is CCNC(C)CC(C)N1CCCOC(C)C1. The molecule has 0 aliphatic carbocycles. The molecular formula is C13H28N2O. The van der Waals surface area contributed by atoms with E-state index in [-0.39, 0.29) is 0 Å². The van der Waals surface area contributed by atoms with E-state index in [1.54, 1.807) is 0 Å². The third-order valence-corrected chi connectivity index (χ3v) is 3.35. The summed E-state index contributed by atoms with van der Waals surface area (Å²) in [6.45, 7) is 13.2. The molecule has 0 aromatic carbocycles. The standard InChI is InChI=1S/C13H28N2O/c1-5-14-11(2)9-12(3)15-7-6-8-16-13(4)10-15/h11-14H,5-10H2,1-4H3. The van der Waals surface area contributed by atoms with Crippen LogP contribution in [0.5, 0.6) is 0 Å². The third kappa shape index (κ3) is 4.81. The van der Waals surface area contributed by atoms with Gasteiger partial charge in [-0.3, -0.25) is 4.90 Å². The van der Waals surface area contributed by atoms with Crippen LogP contribution in [-0.4, -0.2) is 49.3 Å². The summed E-state index contributed by atoms with van der Waals surface area (Å²) in [5.74, 6) is 0. The van der Waals surface area contributed by atoms with Crippen molar-refractivity contribution in [2.45, 2.75) is 58.7 Å². The van der Waals surface area contributed by atoms with Gasteiger partial charge in [0.1, 0.15) is 0 Å². The van der Waals surface area contributed by atoms with Crippen molar-refractivity contribution in [3.8, 4) is 0 Å². The van der Waals surface area contributed by atoms with Crippen LogP contribution in [0.15, 0.2) is 0 Å². The van der Waals surface area contributed by atoms with E-state index in [4.69, 9.17) is 4.74 Å².